The molecule has 162 valence electrons. The van der Waals surface area contributed by atoms with Gasteiger partial charge in [-0.1, -0.05) is 62.4 Å². The second-order valence-electron chi connectivity index (χ2n) is 7.32. The number of unbranched alkanes of at least 4 members (excludes halogenated alkanes) is 3. The normalized spacial score (nSPS) is 12.6. The van der Waals surface area contributed by atoms with Crippen molar-refractivity contribution in [2.75, 3.05) is 13.2 Å². The summed E-state index contributed by atoms with van der Waals surface area (Å²) in [4.78, 5) is 10.7. The van der Waals surface area contributed by atoms with Gasteiger partial charge in [-0.15, -0.1) is 0 Å². The fourth-order valence-corrected chi connectivity index (χ4v) is 3.67. The number of allylic oxidation sites excluding steroid dienone is 1. The zero-order valence-corrected chi connectivity index (χ0v) is 18.8. The van der Waals surface area contributed by atoms with Gasteiger partial charge in [0.05, 0.1) is 13.2 Å². The number of benzene rings is 2. The van der Waals surface area contributed by atoms with Crippen LogP contribution in [0.25, 0.3) is 11.6 Å². The van der Waals surface area contributed by atoms with Crippen LogP contribution in [0.1, 0.15) is 76.0 Å². The molecule has 0 spiro atoms. The van der Waals surface area contributed by atoms with Crippen LogP contribution in [0.5, 0.6) is 5.75 Å². The Morgan fingerprint density at radius 3 is 2.33 bits per heavy atom. The number of fused-ring (bicyclic) bond motifs is 1. The zero-order chi connectivity index (χ0) is 21.6. The van der Waals surface area contributed by atoms with E-state index in [0.717, 1.165) is 57.3 Å². The molecule has 0 bridgehead atoms. The number of carbonyl (C=O) groups excluding carboxylic acids is 1. The summed E-state index contributed by atoms with van der Waals surface area (Å²) in [5.74, 6) is 0.834. The summed E-state index contributed by atoms with van der Waals surface area (Å²) < 4.78 is 11.1. The van der Waals surface area contributed by atoms with Crippen LogP contribution in [0.4, 0.5) is 0 Å². The molecule has 0 saturated carbocycles. The number of esters is 1. The first-order valence-electron chi connectivity index (χ1n) is 11.4. The van der Waals surface area contributed by atoms with Crippen molar-refractivity contribution in [2.24, 2.45) is 0 Å². The molecule has 1 aliphatic carbocycles. The van der Waals surface area contributed by atoms with Gasteiger partial charge in [-0.05, 0) is 67.7 Å². The van der Waals surface area contributed by atoms with Gasteiger partial charge in [0.1, 0.15) is 5.75 Å². The van der Waals surface area contributed by atoms with Crippen molar-refractivity contribution in [3.63, 3.8) is 0 Å². The summed E-state index contributed by atoms with van der Waals surface area (Å²) >= 11 is 0. The highest BCUT2D eigenvalue weighted by atomic mass is 16.5. The highest BCUT2D eigenvalue weighted by Gasteiger charge is 2.14. The van der Waals surface area contributed by atoms with E-state index in [1.807, 2.05) is 13.8 Å². The summed E-state index contributed by atoms with van der Waals surface area (Å²) in [6, 6.07) is 17.1. The third-order valence-corrected chi connectivity index (χ3v) is 5.12. The molecule has 0 atom stereocenters. The molecular formula is C27H36O3. The Kier molecular flexibility index (Phi) is 10.8. The van der Waals surface area contributed by atoms with Crippen LogP contribution >= 0.6 is 0 Å². The molecule has 0 heterocycles. The molecule has 0 amide bonds. The lowest BCUT2D eigenvalue weighted by Crippen LogP contribution is -2.03. The maximum Gasteiger partial charge on any atom is 0.302 e. The highest BCUT2D eigenvalue weighted by Crippen LogP contribution is 2.33. The molecule has 3 nitrogen and oxygen atoms in total. The first-order valence-corrected chi connectivity index (χ1v) is 11.4. The van der Waals surface area contributed by atoms with Crippen LogP contribution in [0.3, 0.4) is 0 Å². The Morgan fingerprint density at radius 1 is 0.867 bits per heavy atom. The molecule has 1 aliphatic rings. The predicted molar refractivity (Wildman–Crippen MR) is 126 cm³/mol. The van der Waals surface area contributed by atoms with E-state index >= 15 is 0 Å². The van der Waals surface area contributed by atoms with Crippen molar-refractivity contribution in [2.45, 2.75) is 65.7 Å². The fraction of sp³-hybridized carbons (Fsp3) is 0.444. The lowest BCUT2D eigenvalue weighted by molar-refractivity contribution is -0.141. The average Bonchev–Trinajstić information content (AvgIpc) is 3.00. The second kappa shape index (κ2) is 13.6. The summed E-state index contributed by atoms with van der Waals surface area (Å²) in [5, 5.41) is 0. The fourth-order valence-electron chi connectivity index (χ4n) is 3.67. The Bertz CT molecular complexity index is 793. The monoisotopic (exact) mass is 408 g/mol. The van der Waals surface area contributed by atoms with Crippen LogP contribution < -0.4 is 4.74 Å². The molecule has 30 heavy (non-hydrogen) atoms. The van der Waals surface area contributed by atoms with E-state index in [2.05, 4.69) is 54.6 Å². The standard InChI is InChI=1S/C25H30O3.C2H6/c1-20(26)27-17-7-2-3-8-18-28-25-16-10-14-23-19-22(13-9-15-24(23)25)21-11-5-4-6-12-21;1-2/h4-6,10-12,14,16,19H,2-3,7-9,13,15,17-18H2,1H3;1-2H3. The minimum atomic E-state index is -0.197. The molecule has 0 N–H and O–H groups in total. The number of rotatable bonds is 9. The van der Waals surface area contributed by atoms with Gasteiger partial charge in [0.15, 0.2) is 0 Å². The first kappa shape index (κ1) is 23.7. The second-order valence-corrected chi connectivity index (χ2v) is 7.32. The van der Waals surface area contributed by atoms with E-state index in [0.29, 0.717) is 6.61 Å². The lowest BCUT2D eigenvalue weighted by Gasteiger charge is -2.13. The largest absolute Gasteiger partial charge is 0.493 e. The van der Waals surface area contributed by atoms with E-state index in [1.165, 1.54) is 29.2 Å². The molecule has 3 heteroatoms. The van der Waals surface area contributed by atoms with Crippen molar-refractivity contribution in [1.82, 2.24) is 0 Å². The van der Waals surface area contributed by atoms with E-state index in [-0.39, 0.29) is 5.97 Å². The number of carbonyl (C=O) groups is 1. The quantitative estimate of drug-likeness (QED) is 0.328. The van der Waals surface area contributed by atoms with Crippen LogP contribution in [0.2, 0.25) is 0 Å². The third kappa shape index (κ3) is 7.70. The minimum absolute atomic E-state index is 0.197. The maximum atomic E-state index is 10.7. The number of hydrogen-bond donors (Lipinski definition) is 0. The molecule has 0 aliphatic heterocycles. The summed E-state index contributed by atoms with van der Waals surface area (Å²) in [6.45, 7) is 6.71. The Morgan fingerprint density at radius 2 is 1.60 bits per heavy atom. The molecule has 3 rings (SSSR count). The molecule has 0 radical (unpaired) electrons. The minimum Gasteiger partial charge on any atom is -0.493 e. The van der Waals surface area contributed by atoms with Crippen molar-refractivity contribution in [3.8, 4) is 5.75 Å². The van der Waals surface area contributed by atoms with Crippen molar-refractivity contribution in [3.05, 3.63) is 65.2 Å². The van der Waals surface area contributed by atoms with Crippen molar-refractivity contribution in [1.29, 1.82) is 0 Å². The average molecular weight is 409 g/mol. The molecule has 0 saturated heterocycles. The van der Waals surface area contributed by atoms with Crippen LogP contribution in [0, 0.1) is 0 Å². The van der Waals surface area contributed by atoms with Gasteiger partial charge >= 0.3 is 5.97 Å². The molecule has 2 aromatic carbocycles. The van der Waals surface area contributed by atoms with E-state index in [1.54, 1.807) is 0 Å². The summed E-state index contributed by atoms with van der Waals surface area (Å²) in [7, 11) is 0. The summed E-state index contributed by atoms with van der Waals surface area (Å²) in [6.07, 6.45) is 9.73. The zero-order valence-electron chi connectivity index (χ0n) is 18.8. The van der Waals surface area contributed by atoms with Gasteiger partial charge in [0.25, 0.3) is 0 Å². The predicted octanol–water partition coefficient (Wildman–Crippen LogP) is 7.09. The van der Waals surface area contributed by atoms with Crippen LogP contribution in [0.15, 0.2) is 48.5 Å². The van der Waals surface area contributed by atoms with Crippen LogP contribution in [-0.4, -0.2) is 19.2 Å². The van der Waals surface area contributed by atoms with E-state index < -0.39 is 0 Å². The topological polar surface area (TPSA) is 35.5 Å². The molecule has 0 unspecified atom stereocenters. The van der Waals surface area contributed by atoms with Gasteiger partial charge in [-0.25, -0.2) is 0 Å². The smallest absolute Gasteiger partial charge is 0.302 e. The van der Waals surface area contributed by atoms with Gasteiger partial charge in [-0.2, -0.15) is 0 Å². The molecule has 0 aromatic heterocycles. The van der Waals surface area contributed by atoms with Gasteiger partial charge < -0.3 is 9.47 Å². The molecule has 2 aromatic rings. The molecular weight excluding hydrogens is 372 g/mol. The summed E-state index contributed by atoms with van der Waals surface area (Å²) in [5.41, 5.74) is 5.35. The van der Waals surface area contributed by atoms with Gasteiger partial charge in [0.2, 0.25) is 0 Å². The van der Waals surface area contributed by atoms with E-state index in [4.69, 9.17) is 9.47 Å². The van der Waals surface area contributed by atoms with Gasteiger partial charge in [0, 0.05) is 12.5 Å². The van der Waals surface area contributed by atoms with Crippen molar-refractivity contribution < 1.29 is 14.3 Å². The van der Waals surface area contributed by atoms with Crippen LogP contribution in [-0.2, 0) is 16.0 Å². The Hall–Kier alpha value is -2.55. The van der Waals surface area contributed by atoms with Gasteiger partial charge in [-0.3, -0.25) is 4.79 Å². The SMILES string of the molecule is CC.CC(=O)OCCCCCCOc1cccc2c1CCCC(c1ccccc1)=C2. The van der Waals surface area contributed by atoms with Crippen molar-refractivity contribution >= 4 is 17.6 Å². The number of ether oxygens (including phenoxy) is 2. The Labute approximate surface area is 182 Å². The Balaban J connectivity index is 0.00000155. The first-order chi connectivity index (χ1) is 14.7. The number of hydrogen-bond acceptors (Lipinski definition) is 3. The third-order valence-electron chi connectivity index (χ3n) is 5.12. The highest BCUT2D eigenvalue weighted by molar-refractivity contribution is 5.83. The molecule has 0 fully saturated rings. The van der Waals surface area contributed by atoms with E-state index in [9.17, 15) is 4.79 Å². The lowest BCUT2D eigenvalue weighted by atomic mass is 10.0. The maximum absolute atomic E-state index is 10.7.